The molecule has 1 aliphatic rings. The van der Waals surface area contributed by atoms with E-state index in [1.165, 1.54) is 32.3 Å². The van der Waals surface area contributed by atoms with E-state index >= 15 is 0 Å². The summed E-state index contributed by atoms with van der Waals surface area (Å²) in [5, 5.41) is 15.3. The standard InChI is InChI=1S/C27H28N2O8/c1-6-11-36-18-9-7-16(8-10-18)24(30)22-23(17-13-19(33-3)26(35-5)20(14-17)34-4)29(27(32)25(22)31)21-12-15(2)37-28-21/h7-10,12-14,23,30H,6,11H2,1-5H3/b24-22+. The summed E-state index contributed by atoms with van der Waals surface area (Å²) in [5.41, 5.74) is 0.650. The van der Waals surface area contributed by atoms with Gasteiger partial charge in [0.15, 0.2) is 17.3 Å². The van der Waals surface area contributed by atoms with Gasteiger partial charge in [-0.1, -0.05) is 12.1 Å². The van der Waals surface area contributed by atoms with Crippen LogP contribution in [0.1, 0.15) is 36.3 Å². The van der Waals surface area contributed by atoms with Crippen LogP contribution in [0.5, 0.6) is 23.0 Å². The number of Topliss-reactive ketones (excluding diaryl/α,β-unsaturated/α-hetero) is 1. The van der Waals surface area contributed by atoms with Crippen LogP contribution in [-0.2, 0) is 9.59 Å². The van der Waals surface area contributed by atoms with Gasteiger partial charge in [0.2, 0.25) is 5.75 Å². The third-order valence-corrected chi connectivity index (χ3v) is 5.91. The van der Waals surface area contributed by atoms with Crippen molar-refractivity contribution in [3.63, 3.8) is 0 Å². The molecule has 0 bridgehead atoms. The lowest BCUT2D eigenvalue weighted by Crippen LogP contribution is -2.29. The molecule has 1 amide bonds. The normalized spacial score (nSPS) is 16.7. The zero-order valence-corrected chi connectivity index (χ0v) is 21.2. The quantitative estimate of drug-likeness (QED) is 0.254. The smallest absolute Gasteiger partial charge is 0.301 e. The SMILES string of the molecule is CCCOc1ccc(/C(O)=C2\C(=O)C(=O)N(c3cc(C)on3)C2c2cc(OC)c(OC)c(OC)c2)cc1. The number of methoxy groups -OCH3 is 3. The number of hydrogen-bond acceptors (Lipinski definition) is 9. The van der Waals surface area contributed by atoms with Crippen LogP contribution in [-0.4, -0.2) is 49.9 Å². The number of aryl methyl sites for hydroxylation is 1. The van der Waals surface area contributed by atoms with Crippen molar-refractivity contribution >= 4 is 23.3 Å². The van der Waals surface area contributed by atoms with E-state index < -0.39 is 17.7 Å². The maximum absolute atomic E-state index is 13.4. The topological polar surface area (TPSA) is 121 Å². The Labute approximate surface area is 214 Å². The van der Waals surface area contributed by atoms with Crippen molar-refractivity contribution in [1.29, 1.82) is 0 Å². The second kappa shape index (κ2) is 10.7. The first-order chi connectivity index (χ1) is 17.8. The van der Waals surface area contributed by atoms with Crippen LogP contribution in [0.15, 0.2) is 52.6 Å². The van der Waals surface area contributed by atoms with Crippen molar-refractivity contribution in [1.82, 2.24) is 5.16 Å². The Kier molecular flexibility index (Phi) is 7.37. The zero-order chi connectivity index (χ0) is 26.7. The maximum Gasteiger partial charge on any atom is 0.301 e. The Morgan fingerprint density at radius 3 is 2.19 bits per heavy atom. The molecule has 2 heterocycles. The fraction of sp³-hybridized carbons (Fsp3) is 0.296. The monoisotopic (exact) mass is 508 g/mol. The minimum Gasteiger partial charge on any atom is -0.507 e. The van der Waals surface area contributed by atoms with Gasteiger partial charge in [-0.25, -0.2) is 0 Å². The average Bonchev–Trinajstić information content (AvgIpc) is 3.46. The molecule has 4 rings (SSSR count). The van der Waals surface area contributed by atoms with Crippen LogP contribution < -0.4 is 23.8 Å². The molecule has 1 fully saturated rings. The highest BCUT2D eigenvalue weighted by molar-refractivity contribution is 6.51. The van der Waals surface area contributed by atoms with E-state index in [0.717, 1.165) is 6.42 Å². The number of carbonyl (C=O) groups excluding carboxylic acids is 2. The minimum atomic E-state index is -1.06. The number of anilines is 1. The second-order valence-corrected chi connectivity index (χ2v) is 8.30. The molecule has 1 N–H and O–H groups in total. The Bertz CT molecular complexity index is 1320. The number of amides is 1. The number of ketones is 1. The Morgan fingerprint density at radius 1 is 1.03 bits per heavy atom. The Hall–Kier alpha value is -4.47. The predicted octanol–water partition coefficient (Wildman–Crippen LogP) is 4.42. The van der Waals surface area contributed by atoms with Crippen molar-refractivity contribution < 1.29 is 38.2 Å². The van der Waals surface area contributed by atoms with Gasteiger partial charge in [0.05, 0.1) is 39.6 Å². The molecule has 1 aromatic heterocycles. The van der Waals surface area contributed by atoms with E-state index in [9.17, 15) is 14.7 Å². The highest BCUT2D eigenvalue weighted by Gasteiger charge is 2.48. The number of benzene rings is 2. The van der Waals surface area contributed by atoms with Gasteiger partial charge in [-0.15, -0.1) is 0 Å². The molecule has 3 aromatic rings. The largest absolute Gasteiger partial charge is 0.507 e. The van der Waals surface area contributed by atoms with Crippen molar-refractivity contribution in [2.45, 2.75) is 26.3 Å². The number of nitrogens with zero attached hydrogens (tertiary/aromatic N) is 2. The summed E-state index contributed by atoms with van der Waals surface area (Å²) >= 11 is 0. The number of ether oxygens (including phenoxy) is 4. The molecule has 0 saturated carbocycles. The van der Waals surface area contributed by atoms with E-state index in [2.05, 4.69) is 5.16 Å². The molecule has 1 unspecified atom stereocenters. The van der Waals surface area contributed by atoms with Gasteiger partial charge in [-0.05, 0) is 55.3 Å². The molecule has 0 spiro atoms. The minimum absolute atomic E-state index is 0.123. The highest BCUT2D eigenvalue weighted by atomic mass is 16.5. The van der Waals surface area contributed by atoms with Crippen molar-refractivity contribution in [2.75, 3.05) is 32.8 Å². The summed E-state index contributed by atoms with van der Waals surface area (Å²) in [6.45, 7) is 4.22. The van der Waals surface area contributed by atoms with Crippen molar-refractivity contribution in [3.05, 3.63) is 64.9 Å². The lowest BCUT2D eigenvalue weighted by molar-refractivity contribution is -0.132. The van der Waals surface area contributed by atoms with E-state index in [-0.39, 0.29) is 17.2 Å². The van der Waals surface area contributed by atoms with Crippen molar-refractivity contribution in [2.24, 2.45) is 0 Å². The van der Waals surface area contributed by atoms with Crippen LogP contribution in [0.4, 0.5) is 5.82 Å². The van der Waals surface area contributed by atoms with Crippen LogP contribution >= 0.6 is 0 Å². The number of carbonyl (C=O) groups is 2. The number of hydrogen-bond donors (Lipinski definition) is 1. The first-order valence-electron chi connectivity index (χ1n) is 11.6. The summed E-state index contributed by atoms with van der Waals surface area (Å²) in [5.74, 6) is 0.0849. The molecule has 10 nitrogen and oxygen atoms in total. The number of aromatic nitrogens is 1. The molecule has 194 valence electrons. The van der Waals surface area contributed by atoms with Gasteiger partial charge in [-0.2, -0.15) is 0 Å². The van der Waals surface area contributed by atoms with Gasteiger partial charge in [-0.3, -0.25) is 14.5 Å². The first-order valence-corrected chi connectivity index (χ1v) is 11.6. The van der Waals surface area contributed by atoms with E-state index in [1.54, 1.807) is 43.3 Å². The molecule has 1 atom stereocenters. The third-order valence-electron chi connectivity index (χ3n) is 5.91. The van der Waals surface area contributed by atoms with E-state index in [0.29, 0.717) is 46.5 Å². The number of aliphatic hydroxyl groups is 1. The summed E-state index contributed by atoms with van der Waals surface area (Å²) in [6, 6.07) is 10.3. The van der Waals surface area contributed by atoms with Crippen LogP contribution in [0.3, 0.4) is 0 Å². The molecule has 2 aromatic carbocycles. The summed E-state index contributed by atoms with van der Waals surface area (Å²) in [6.07, 6.45) is 0.849. The van der Waals surface area contributed by atoms with Crippen molar-refractivity contribution in [3.8, 4) is 23.0 Å². The highest BCUT2D eigenvalue weighted by Crippen LogP contribution is 2.47. The molecule has 0 radical (unpaired) electrons. The van der Waals surface area contributed by atoms with Crippen LogP contribution in [0.2, 0.25) is 0 Å². The Morgan fingerprint density at radius 2 is 1.68 bits per heavy atom. The maximum atomic E-state index is 13.4. The first kappa shape index (κ1) is 25.6. The molecule has 10 heteroatoms. The number of aliphatic hydroxyl groups excluding tert-OH is 1. The average molecular weight is 509 g/mol. The lowest BCUT2D eigenvalue weighted by atomic mass is 9.94. The summed E-state index contributed by atoms with van der Waals surface area (Å²) < 4.78 is 27.2. The lowest BCUT2D eigenvalue weighted by Gasteiger charge is -2.24. The second-order valence-electron chi connectivity index (χ2n) is 8.30. The van der Waals surface area contributed by atoms with Gasteiger partial charge >= 0.3 is 5.91 Å². The number of rotatable bonds is 9. The molecular formula is C27H28N2O8. The fourth-order valence-corrected chi connectivity index (χ4v) is 4.19. The van der Waals surface area contributed by atoms with Crippen LogP contribution in [0.25, 0.3) is 5.76 Å². The van der Waals surface area contributed by atoms with Crippen LogP contribution in [0, 0.1) is 6.92 Å². The predicted molar refractivity (Wildman–Crippen MR) is 134 cm³/mol. The van der Waals surface area contributed by atoms with Gasteiger partial charge in [0, 0.05) is 11.6 Å². The van der Waals surface area contributed by atoms with Gasteiger partial charge in [0.1, 0.15) is 17.3 Å². The molecule has 1 aliphatic heterocycles. The molecule has 0 aliphatic carbocycles. The van der Waals surface area contributed by atoms with Gasteiger partial charge < -0.3 is 28.6 Å². The fourth-order valence-electron chi connectivity index (χ4n) is 4.19. The zero-order valence-electron chi connectivity index (χ0n) is 21.2. The summed E-state index contributed by atoms with van der Waals surface area (Å²) in [7, 11) is 4.39. The third kappa shape index (κ3) is 4.69. The van der Waals surface area contributed by atoms with E-state index in [1.807, 2.05) is 6.92 Å². The molecule has 37 heavy (non-hydrogen) atoms. The van der Waals surface area contributed by atoms with Gasteiger partial charge in [0.25, 0.3) is 5.78 Å². The molecular weight excluding hydrogens is 480 g/mol. The molecule has 1 saturated heterocycles. The Balaban J connectivity index is 1.92. The van der Waals surface area contributed by atoms with E-state index in [4.69, 9.17) is 23.5 Å². The summed E-state index contributed by atoms with van der Waals surface area (Å²) in [4.78, 5) is 27.8.